The summed E-state index contributed by atoms with van der Waals surface area (Å²) in [5.74, 6) is 1.74. The lowest BCUT2D eigenvalue weighted by atomic mass is 10.0. The topological polar surface area (TPSA) is 150 Å². The number of amides is 1. The molecule has 1 aromatic heterocycles. The summed E-state index contributed by atoms with van der Waals surface area (Å²) in [5, 5.41) is 6.16. The molecule has 4 atom stereocenters. The molecule has 13 heteroatoms. The number of terminal acetylenes is 1. The van der Waals surface area contributed by atoms with Crippen LogP contribution in [-0.2, 0) is 30.3 Å². The maximum absolute atomic E-state index is 12.9. The summed E-state index contributed by atoms with van der Waals surface area (Å²) in [6.07, 6.45) is 7.07. The van der Waals surface area contributed by atoms with Gasteiger partial charge in [0.15, 0.2) is 0 Å². The molecule has 258 valence electrons. The van der Waals surface area contributed by atoms with Crippen molar-refractivity contribution in [2.24, 2.45) is 0 Å². The lowest BCUT2D eigenvalue weighted by Gasteiger charge is -2.30. The average molecular weight is 672 g/mol. The van der Waals surface area contributed by atoms with Crippen molar-refractivity contribution in [3.63, 3.8) is 0 Å². The van der Waals surface area contributed by atoms with E-state index in [1.165, 1.54) is 30.2 Å². The van der Waals surface area contributed by atoms with E-state index in [2.05, 4.69) is 26.4 Å². The number of hydrogen-bond acceptors (Lipinski definition) is 11. The predicted molar refractivity (Wildman–Crippen MR) is 180 cm³/mol. The zero-order valence-corrected chi connectivity index (χ0v) is 27.4. The smallest absolute Gasteiger partial charge is 0.459 e. The Morgan fingerprint density at radius 3 is 2.59 bits per heavy atom. The summed E-state index contributed by atoms with van der Waals surface area (Å²) in [6.45, 7) is 4.03. The molecular formula is C36H41N5O8. The molecule has 2 aliphatic rings. The van der Waals surface area contributed by atoms with E-state index in [4.69, 9.17) is 25.4 Å². The van der Waals surface area contributed by atoms with Crippen LogP contribution in [0.15, 0.2) is 71.7 Å². The van der Waals surface area contributed by atoms with E-state index < -0.39 is 42.2 Å². The fraction of sp³-hybridized carbons (Fsp3) is 0.417. The fourth-order valence-electron chi connectivity index (χ4n) is 5.88. The molecule has 2 saturated heterocycles. The first-order valence-corrected chi connectivity index (χ1v) is 16.4. The zero-order chi connectivity index (χ0) is 34.6. The molecule has 3 heterocycles. The van der Waals surface area contributed by atoms with Crippen molar-refractivity contribution in [3.05, 3.63) is 94.0 Å². The van der Waals surface area contributed by atoms with Crippen LogP contribution in [0.2, 0.25) is 0 Å². The number of piperidine rings is 1. The Labute approximate surface area is 284 Å². The van der Waals surface area contributed by atoms with Crippen LogP contribution in [-0.4, -0.2) is 83.6 Å². The maximum Gasteiger partial charge on any atom is 0.508 e. The minimum Gasteiger partial charge on any atom is -0.459 e. The summed E-state index contributed by atoms with van der Waals surface area (Å²) in [4.78, 5) is 56.0. The van der Waals surface area contributed by atoms with Gasteiger partial charge in [-0.05, 0) is 55.3 Å². The van der Waals surface area contributed by atoms with E-state index in [1.807, 2.05) is 24.3 Å². The van der Waals surface area contributed by atoms with Crippen LogP contribution in [0, 0.1) is 12.3 Å². The number of rotatable bonds is 13. The Morgan fingerprint density at radius 1 is 1.10 bits per heavy atom. The van der Waals surface area contributed by atoms with Crippen molar-refractivity contribution in [1.29, 1.82) is 0 Å². The molecule has 0 radical (unpaired) electrons. The second-order valence-electron chi connectivity index (χ2n) is 12.0. The lowest BCUT2D eigenvalue weighted by molar-refractivity contribution is -0.150. The van der Waals surface area contributed by atoms with Crippen molar-refractivity contribution in [2.75, 3.05) is 38.2 Å². The van der Waals surface area contributed by atoms with E-state index in [0.29, 0.717) is 24.7 Å². The molecule has 5 rings (SSSR count). The van der Waals surface area contributed by atoms with Gasteiger partial charge in [-0.2, -0.15) is 4.98 Å². The van der Waals surface area contributed by atoms with Gasteiger partial charge in [-0.15, -0.1) is 6.42 Å². The minimum atomic E-state index is -0.889. The summed E-state index contributed by atoms with van der Waals surface area (Å²) >= 11 is 0. The summed E-state index contributed by atoms with van der Waals surface area (Å²) in [6, 6.07) is 18.2. The minimum absolute atomic E-state index is 0.0719. The van der Waals surface area contributed by atoms with Crippen LogP contribution in [0.25, 0.3) is 0 Å². The molecule has 0 aliphatic carbocycles. The van der Waals surface area contributed by atoms with Crippen LogP contribution >= 0.6 is 0 Å². The molecule has 49 heavy (non-hydrogen) atoms. The molecule has 0 saturated carbocycles. The number of carbonyl (C=O) groups is 3. The van der Waals surface area contributed by atoms with E-state index in [0.717, 1.165) is 37.1 Å². The number of ether oxygens (including phenoxy) is 4. The Bertz CT molecular complexity index is 1670. The lowest BCUT2D eigenvalue weighted by Crippen LogP contribution is -2.44. The number of hydrogen-bond donors (Lipinski definition) is 2. The van der Waals surface area contributed by atoms with Gasteiger partial charge in [-0.25, -0.2) is 9.59 Å². The number of nitrogens with one attached hydrogen (secondary N) is 2. The number of anilines is 1. The summed E-state index contributed by atoms with van der Waals surface area (Å²) in [7, 11) is 0. The van der Waals surface area contributed by atoms with Gasteiger partial charge in [0.2, 0.25) is 0 Å². The first-order valence-electron chi connectivity index (χ1n) is 16.4. The molecule has 13 nitrogen and oxygen atoms in total. The number of nitrogens with zero attached hydrogens (tertiary/aromatic N) is 3. The second kappa shape index (κ2) is 17.4. The van der Waals surface area contributed by atoms with E-state index in [9.17, 15) is 19.2 Å². The third kappa shape index (κ3) is 10.5. The number of aromatic nitrogens is 2. The first-order chi connectivity index (χ1) is 23.8. The highest BCUT2D eigenvalue weighted by atomic mass is 16.7. The van der Waals surface area contributed by atoms with E-state index in [-0.39, 0.29) is 25.5 Å². The SMILES string of the molecule is C#Cc1ccc(CN(CCOC(=O)OC[C@H]2O[C@@H](n3ccc(NC(=O)c4ccccc4)nc3=O)C[C@@H]2OC(C)=O)CC2CCCCN2)cc1. The van der Waals surface area contributed by atoms with Gasteiger partial charge < -0.3 is 29.6 Å². The van der Waals surface area contributed by atoms with Gasteiger partial charge in [0.05, 0.1) is 0 Å². The molecule has 1 amide bonds. The van der Waals surface area contributed by atoms with Crippen molar-refractivity contribution >= 4 is 23.8 Å². The standard InChI is InChI=1S/C36H41N5O8/c1-3-26-12-14-27(15-13-26)22-40(23-29-11-7-8-17-37-29)19-20-46-36(45)47-24-31-30(48-25(2)42)21-33(49-31)41-18-16-32(39-35(41)44)38-34(43)28-9-5-4-6-10-28/h1,4-6,9-10,12-16,18,29-31,33,37H,7-8,11,17,19-24H2,2H3,(H,38,39,43,44)/t29?,30-,31+,33+/m0/s1. The highest BCUT2D eigenvalue weighted by molar-refractivity contribution is 6.03. The van der Waals surface area contributed by atoms with Crippen molar-refractivity contribution in [2.45, 2.75) is 63.6 Å². The van der Waals surface area contributed by atoms with Gasteiger partial charge in [-0.3, -0.25) is 19.1 Å². The molecule has 0 bridgehead atoms. The highest BCUT2D eigenvalue weighted by Gasteiger charge is 2.40. The van der Waals surface area contributed by atoms with Gasteiger partial charge in [0, 0.05) is 56.3 Å². The van der Waals surface area contributed by atoms with Crippen molar-refractivity contribution in [1.82, 2.24) is 19.8 Å². The normalized spacial score (nSPS) is 20.3. The zero-order valence-electron chi connectivity index (χ0n) is 27.4. The largest absolute Gasteiger partial charge is 0.508 e. The fourth-order valence-corrected chi connectivity index (χ4v) is 5.88. The predicted octanol–water partition coefficient (Wildman–Crippen LogP) is 3.49. The quantitative estimate of drug-likeness (QED) is 0.203. The molecule has 2 aromatic carbocycles. The molecule has 2 fully saturated rings. The van der Waals surface area contributed by atoms with Crippen LogP contribution in [0.5, 0.6) is 0 Å². The van der Waals surface area contributed by atoms with Gasteiger partial charge in [0.1, 0.15) is 37.5 Å². The number of carbonyl (C=O) groups excluding carboxylic acids is 3. The van der Waals surface area contributed by atoms with Crippen LogP contribution in [0.3, 0.4) is 0 Å². The Kier molecular flexibility index (Phi) is 12.5. The Hall–Kier alpha value is -5.03. The third-order valence-electron chi connectivity index (χ3n) is 8.33. The molecule has 2 N–H and O–H groups in total. The molecule has 3 aromatic rings. The number of benzene rings is 2. The van der Waals surface area contributed by atoms with E-state index >= 15 is 0 Å². The number of esters is 1. The molecule has 2 aliphatic heterocycles. The Balaban J connectivity index is 1.13. The van der Waals surface area contributed by atoms with Crippen molar-refractivity contribution < 1.29 is 33.3 Å². The van der Waals surface area contributed by atoms with Crippen LogP contribution in [0.1, 0.15) is 60.3 Å². The van der Waals surface area contributed by atoms with Crippen molar-refractivity contribution in [3.8, 4) is 12.3 Å². The molecular weight excluding hydrogens is 630 g/mol. The van der Waals surface area contributed by atoms with E-state index in [1.54, 1.807) is 30.3 Å². The average Bonchev–Trinajstić information content (AvgIpc) is 3.49. The van der Waals surface area contributed by atoms with Crippen LogP contribution < -0.4 is 16.3 Å². The summed E-state index contributed by atoms with van der Waals surface area (Å²) < 4.78 is 23.4. The Morgan fingerprint density at radius 2 is 1.90 bits per heavy atom. The third-order valence-corrected chi connectivity index (χ3v) is 8.33. The van der Waals surface area contributed by atoms with Gasteiger partial charge in [0.25, 0.3) is 5.91 Å². The monoisotopic (exact) mass is 671 g/mol. The first kappa shape index (κ1) is 35.3. The maximum atomic E-state index is 12.9. The van der Waals surface area contributed by atoms with Gasteiger partial charge in [-0.1, -0.05) is 42.7 Å². The highest BCUT2D eigenvalue weighted by Crippen LogP contribution is 2.30. The van der Waals surface area contributed by atoms with Gasteiger partial charge >= 0.3 is 17.8 Å². The second-order valence-corrected chi connectivity index (χ2v) is 12.0. The summed E-state index contributed by atoms with van der Waals surface area (Å²) in [5.41, 5.74) is 1.65. The molecule has 1 unspecified atom stereocenters. The molecule has 0 spiro atoms. The van der Waals surface area contributed by atoms with Crippen LogP contribution in [0.4, 0.5) is 10.6 Å².